The summed E-state index contributed by atoms with van der Waals surface area (Å²) in [5.74, 6) is -2.46. The van der Waals surface area contributed by atoms with Gasteiger partial charge in [-0.2, -0.15) is 0 Å². The number of sulfonamides is 1. The molecule has 2 aromatic rings. The Morgan fingerprint density at radius 1 is 1.38 bits per heavy atom. The van der Waals surface area contributed by atoms with Crippen molar-refractivity contribution in [1.82, 2.24) is 4.72 Å². The fourth-order valence-electron chi connectivity index (χ4n) is 1.53. The van der Waals surface area contributed by atoms with Crippen LogP contribution in [0.1, 0.15) is 16.1 Å². The number of rotatable bonds is 5. The fourth-order valence-corrected chi connectivity index (χ4v) is 3.48. The first-order valence-corrected chi connectivity index (χ1v) is 7.84. The maximum atomic E-state index is 13.4. The Morgan fingerprint density at radius 3 is 2.62 bits per heavy atom. The van der Waals surface area contributed by atoms with E-state index in [2.05, 4.69) is 20.7 Å². The van der Waals surface area contributed by atoms with Crippen molar-refractivity contribution >= 4 is 31.9 Å². The van der Waals surface area contributed by atoms with Gasteiger partial charge in [-0.3, -0.25) is 0 Å². The zero-order chi connectivity index (χ0) is 15.6. The van der Waals surface area contributed by atoms with E-state index in [1.165, 1.54) is 18.2 Å². The summed E-state index contributed by atoms with van der Waals surface area (Å²) in [5.41, 5.74) is 0.166. The van der Waals surface area contributed by atoms with Crippen LogP contribution in [0.25, 0.3) is 0 Å². The summed E-state index contributed by atoms with van der Waals surface area (Å²) in [7, 11) is -4.04. The molecule has 0 atom stereocenters. The molecule has 0 spiro atoms. The summed E-state index contributed by atoms with van der Waals surface area (Å²) in [6.45, 7) is -0.269. The number of furan rings is 1. The van der Waals surface area contributed by atoms with Crippen LogP contribution in [0.4, 0.5) is 4.39 Å². The topological polar surface area (TPSA) is 96.6 Å². The van der Waals surface area contributed by atoms with Gasteiger partial charge in [0, 0.05) is 18.2 Å². The average Bonchev–Trinajstić information content (AvgIpc) is 2.81. The molecule has 1 aromatic heterocycles. The van der Waals surface area contributed by atoms with Crippen LogP contribution in [0.5, 0.6) is 0 Å². The van der Waals surface area contributed by atoms with Crippen LogP contribution in [-0.2, 0) is 16.6 Å². The summed E-state index contributed by atoms with van der Waals surface area (Å²) in [6.07, 6.45) is 0. The molecular formula is C12H9BrFNO5S. The van der Waals surface area contributed by atoms with E-state index in [0.29, 0.717) is 0 Å². The molecule has 1 heterocycles. The molecule has 0 saturated carbocycles. The monoisotopic (exact) mass is 377 g/mol. The molecule has 0 fully saturated rings. The summed E-state index contributed by atoms with van der Waals surface area (Å²) >= 11 is 2.84. The van der Waals surface area contributed by atoms with Crippen molar-refractivity contribution in [3.8, 4) is 0 Å². The minimum Gasteiger partial charge on any atom is -0.475 e. The predicted octanol–water partition coefficient (Wildman–Crippen LogP) is 2.36. The van der Waals surface area contributed by atoms with Crippen molar-refractivity contribution in [2.24, 2.45) is 0 Å². The molecule has 0 aliphatic heterocycles. The molecule has 2 rings (SSSR count). The van der Waals surface area contributed by atoms with E-state index in [9.17, 15) is 17.6 Å². The Hall–Kier alpha value is -1.71. The third-order valence-corrected chi connectivity index (χ3v) is 4.82. The molecule has 9 heteroatoms. The van der Waals surface area contributed by atoms with Crippen molar-refractivity contribution in [2.45, 2.75) is 11.4 Å². The lowest BCUT2D eigenvalue weighted by Crippen LogP contribution is -2.23. The third-order valence-electron chi connectivity index (χ3n) is 2.57. The van der Waals surface area contributed by atoms with E-state index in [0.717, 1.165) is 6.07 Å². The average molecular weight is 378 g/mol. The lowest BCUT2D eigenvalue weighted by atomic mass is 10.2. The van der Waals surface area contributed by atoms with Crippen molar-refractivity contribution in [3.05, 3.63) is 52.1 Å². The number of halogens is 2. The van der Waals surface area contributed by atoms with Crippen molar-refractivity contribution in [3.63, 3.8) is 0 Å². The summed E-state index contributed by atoms with van der Waals surface area (Å²) < 4.78 is 44.2. The lowest BCUT2D eigenvalue weighted by molar-refractivity contribution is 0.0661. The second-order valence-corrected chi connectivity index (χ2v) is 6.43. The quantitative estimate of drug-likeness (QED) is 0.833. The van der Waals surface area contributed by atoms with Crippen LogP contribution >= 0.6 is 15.9 Å². The number of nitrogens with one attached hydrogen (secondary N) is 1. The van der Waals surface area contributed by atoms with Gasteiger partial charge < -0.3 is 9.52 Å². The second-order valence-electron chi connectivity index (χ2n) is 3.97. The van der Waals surface area contributed by atoms with Crippen LogP contribution in [-0.4, -0.2) is 19.5 Å². The van der Waals surface area contributed by atoms with Crippen LogP contribution in [0.15, 0.2) is 44.3 Å². The Morgan fingerprint density at radius 2 is 2.05 bits per heavy atom. The predicted molar refractivity (Wildman–Crippen MR) is 73.8 cm³/mol. The lowest BCUT2D eigenvalue weighted by Gasteiger charge is -2.06. The normalized spacial score (nSPS) is 11.5. The molecule has 2 N–H and O–H groups in total. The Labute approximate surface area is 127 Å². The number of carboxylic acid groups (broad SMARTS) is 1. The molecule has 0 amide bonds. The van der Waals surface area contributed by atoms with E-state index in [1.54, 1.807) is 6.07 Å². The van der Waals surface area contributed by atoms with E-state index >= 15 is 0 Å². The van der Waals surface area contributed by atoms with Gasteiger partial charge in [-0.25, -0.2) is 22.3 Å². The smallest absolute Gasteiger partial charge is 0.371 e. The molecule has 0 aliphatic rings. The molecule has 0 unspecified atom stereocenters. The van der Waals surface area contributed by atoms with Crippen molar-refractivity contribution < 1.29 is 27.1 Å². The highest BCUT2D eigenvalue weighted by atomic mass is 79.9. The minimum absolute atomic E-state index is 0.166. The molecule has 21 heavy (non-hydrogen) atoms. The standard InChI is InChI=1S/C12H9BrFNO5S/c13-11-10(5-9(20-11)12(16)17)21(18,19)15-6-7-3-1-2-4-8(7)14/h1-5,15H,6H2,(H,16,17). The van der Waals surface area contributed by atoms with Crippen LogP contribution in [0, 0.1) is 5.82 Å². The van der Waals surface area contributed by atoms with Gasteiger partial charge in [0.05, 0.1) is 0 Å². The van der Waals surface area contributed by atoms with Gasteiger partial charge in [-0.15, -0.1) is 0 Å². The number of benzene rings is 1. The van der Waals surface area contributed by atoms with Gasteiger partial charge >= 0.3 is 5.97 Å². The number of hydrogen-bond donors (Lipinski definition) is 2. The van der Waals surface area contributed by atoms with Gasteiger partial charge in [0.1, 0.15) is 10.7 Å². The van der Waals surface area contributed by atoms with Crippen LogP contribution < -0.4 is 4.72 Å². The zero-order valence-corrected chi connectivity index (χ0v) is 12.7. The fraction of sp³-hybridized carbons (Fsp3) is 0.0833. The highest BCUT2D eigenvalue weighted by Crippen LogP contribution is 2.26. The van der Waals surface area contributed by atoms with E-state index in [1.807, 2.05) is 0 Å². The second kappa shape index (κ2) is 5.96. The summed E-state index contributed by atoms with van der Waals surface area (Å²) in [5, 5.41) is 8.75. The Balaban J connectivity index is 2.23. The number of hydrogen-bond acceptors (Lipinski definition) is 4. The molecular weight excluding hydrogens is 369 g/mol. The highest BCUT2D eigenvalue weighted by molar-refractivity contribution is 9.10. The first-order valence-electron chi connectivity index (χ1n) is 5.57. The van der Waals surface area contributed by atoms with E-state index in [4.69, 9.17) is 9.52 Å². The highest BCUT2D eigenvalue weighted by Gasteiger charge is 2.24. The minimum atomic E-state index is -4.04. The van der Waals surface area contributed by atoms with Crippen molar-refractivity contribution in [1.29, 1.82) is 0 Å². The zero-order valence-electron chi connectivity index (χ0n) is 10.3. The molecule has 0 bridgehead atoms. The van der Waals surface area contributed by atoms with Gasteiger partial charge in [-0.05, 0) is 22.0 Å². The molecule has 0 aliphatic carbocycles. The molecule has 0 radical (unpaired) electrons. The first kappa shape index (κ1) is 15.7. The maximum Gasteiger partial charge on any atom is 0.371 e. The number of aromatic carboxylic acids is 1. The Kier molecular flexibility index (Phi) is 4.45. The molecule has 6 nitrogen and oxygen atoms in total. The summed E-state index contributed by atoms with van der Waals surface area (Å²) in [4.78, 5) is 10.4. The number of carboxylic acids is 1. The maximum absolute atomic E-state index is 13.4. The largest absolute Gasteiger partial charge is 0.475 e. The molecule has 1 aromatic carbocycles. The molecule has 112 valence electrons. The first-order chi connectivity index (χ1) is 9.81. The van der Waals surface area contributed by atoms with Gasteiger partial charge in [0.25, 0.3) is 0 Å². The van der Waals surface area contributed by atoms with E-state index < -0.39 is 27.6 Å². The number of carbonyl (C=O) groups is 1. The van der Waals surface area contributed by atoms with Crippen LogP contribution in [0.2, 0.25) is 0 Å². The molecule has 0 saturated heterocycles. The van der Waals surface area contributed by atoms with Gasteiger partial charge in [-0.1, -0.05) is 18.2 Å². The van der Waals surface area contributed by atoms with Crippen molar-refractivity contribution in [2.75, 3.05) is 0 Å². The van der Waals surface area contributed by atoms with E-state index in [-0.39, 0.29) is 21.7 Å². The Bertz CT molecular complexity index is 787. The summed E-state index contributed by atoms with van der Waals surface area (Å²) in [6, 6.07) is 6.57. The van der Waals surface area contributed by atoms with Gasteiger partial charge in [0.15, 0.2) is 4.67 Å². The SMILES string of the molecule is O=C(O)c1cc(S(=O)(=O)NCc2ccccc2F)c(Br)o1. The van der Waals surface area contributed by atoms with Crippen LogP contribution in [0.3, 0.4) is 0 Å². The third kappa shape index (κ3) is 3.49. The van der Waals surface area contributed by atoms with Gasteiger partial charge in [0.2, 0.25) is 15.8 Å².